The summed E-state index contributed by atoms with van der Waals surface area (Å²) in [6.07, 6.45) is 1.63. The summed E-state index contributed by atoms with van der Waals surface area (Å²) < 4.78 is 0. The second-order valence-corrected chi connectivity index (χ2v) is 6.55. The van der Waals surface area contributed by atoms with Crippen molar-refractivity contribution in [3.05, 3.63) is 34.3 Å². The molecule has 1 aliphatic heterocycles. The number of carbonyl (C=O) groups excluding carboxylic acids is 1. The molecule has 2 N–H and O–H groups in total. The van der Waals surface area contributed by atoms with Gasteiger partial charge in [-0.2, -0.15) is 0 Å². The molecule has 5 heteroatoms. The Morgan fingerprint density at radius 3 is 2.55 bits per heavy atom. The van der Waals surface area contributed by atoms with Gasteiger partial charge in [-0.3, -0.25) is 4.79 Å². The predicted octanol–water partition coefficient (Wildman–Crippen LogP) is 3.18. The second-order valence-electron chi connectivity index (χ2n) is 5.68. The fourth-order valence-electron chi connectivity index (χ4n) is 2.44. The number of nitrogens with two attached hydrogens (primary N) is 1. The summed E-state index contributed by atoms with van der Waals surface area (Å²) in [5.41, 5.74) is 7.28. The third-order valence-corrected chi connectivity index (χ3v) is 4.91. The van der Waals surface area contributed by atoms with E-state index in [1.54, 1.807) is 12.1 Å². The highest BCUT2D eigenvalue weighted by molar-refractivity contribution is 7.80. The summed E-state index contributed by atoms with van der Waals surface area (Å²) in [6, 6.07) is 5.41. The first kappa shape index (κ1) is 15.3. The van der Waals surface area contributed by atoms with Gasteiger partial charge in [0.25, 0.3) is 5.91 Å². The van der Waals surface area contributed by atoms with Crippen LogP contribution in [0, 0.1) is 12.3 Å². The van der Waals surface area contributed by atoms with E-state index < -0.39 is 0 Å². The quantitative estimate of drug-likeness (QED) is 0.853. The first-order valence-corrected chi connectivity index (χ1v) is 7.47. The van der Waals surface area contributed by atoms with Crippen molar-refractivity contribution in [1.29, 1.82) is 0 Å². The summed E-state index contributed by atoms with van der Waals surface area (Å²) in [6.45, 7) is 5.35. The zero-order chi connectivity index (χ0) is 14.9. The van der Waals surface area contributed by atoms with Crippen LogP contribution < -0.4 is 5.73 Å². The van der Waals surface area contributed by atoms with Crippen molar-refractivity contribution in [1.82, 2.24) is 4.90 Å². The lowest BCUT2D eigenvalue weighted by atomic mass is 9.80. The molecule has 1 amide bonds. The molecule has 1 saturated heterocycles. The minimum absolute atomic E-state index is 0.0370. The number of halogens is 1. The molecule has 0 bridgehead atoms. The van der Waals surface area contributed by atoms with Crippen LogP contribution in [0.15, 0.2) is 18.2 Å². The number of benzene rings is 1. The lowest BCUT2D eigenvalue weighted by molar-refractivity contribution is 0.0669. The number of piperidine rings is 1. The number of carbonyl (C=O) groups is 1. The largest absolute Gasteiger partial charge is 0.393 e. The van der Waals surface area contributed by atoms with Gasteiger partial charge in [0.1, 0.15) is 0 Å². The van der Waals surface area contributed by atoms with Gasteiger partial charge in [0.05, 0.1) is 4.99 Å². The number of hydrogen-bond donors (Lipinski definition) is 1. The summed E-state index contributed by atoms with van der Waals surface area (Å²) in [4.78, 5) is 15.0. The monoisotopic (exact) mass is 310 g/mol. The van der Waals surface area contributed by atoms with E-state index in [0.29, 0.717) is 28.7 Å². The molecule has 108 valence electrons. The van der Waals surface area contributed by atoms with E-state index >= 15 is 0 Å². The highest BCUT2D eigenvalue weighted by Crippen LogP contribution is 2.32. The maximum Gasteiger partial charge on any atom is 0.254 e. The third-order valence-electron chi connectivity index (χ3n) is 4.18. The summed E-state index contributed by atoms with van der Waals surface area (Å²) >= 11 is 11.1. The van der Waals surface area contributed by atoms with Crippen LogP contribution in [0.4, 0.5) is 0 Å². The number of thiocarbonyl (C=S) groups is 1. The molecule has 0 aliphatic carbocycles. The standard InChI is InChI=1S/C15H19ClN2OS/c1-10-3-4-11(16)9-12(10)13(19)18-7-5-15(2,6-8-18)14(17)20/h3-4,9H,5-8H2,1-2H3,(H2,17,20). The molecule has 0 radical (unpaired) electrons. The number of likely N-dealkylation sites (tertiary alicyclic amines) is 1. The molecule has 2 rings (SSSR count). The van der Waals surface area contributed by atoms with Crippen LogP contribution in [0.1, 0.15) is 35.7 Å². The Labute approximate surface area is 130 Å². The smallest absolute Gasteiger partial charge is 0.254 e. The van der Waals surface area contributed by atoms with E-state index in [1.165, 1.54) is 0 Å². The molecular weight excluding hydrogens is 292 g/mol. The first-order valence-electron chi connectivity index (χ1n) is 6.69. The van der Waals surface area contributed by atoms with Crippen molar-refractivity contribution in [2.75, 3.05) is 13.1 Å². The van der Waals surface area contributed by atoms with Gasteiger partial charge in [0.2, 0.25) is 0 Å². The topological polar surface area (TPSA) is 46.3 Å². The van der Waals surface area contributed by atoms with Crippen LogP contribution in [-0.4, -0.2) is 28.9 Å². The maximum atomic E-state index is 12.6. The van der Waals surface area contributed by atoms with Crippen molar-refractivity contribution in [2.24, 2.45) is 11.1 Å². The van der Waals surface area contributed by atoms with Gasteiger partial charge < -0.3 is 10.6 Å². The van der Waals surface area contributed by atoms with Crippen molar-refractivity contribution >= 4 is 34.7 Å². The number of hydrogen-bond acceptors (Lipinski definition) is 2. The highest BCUT2D eigenvalue weighted by Gasteiger charge is 2.34. The van der Waals surface area contributed by atoms with Crippen molar-refractivity contribution < 1.29 is 4.79 Å². The molecule has 0 atom stereocenters. The number of amides is 1. The Balaban J connectivity index is 2.13. The molecule has 1 heterocycles. The van der Waals surface area contributed by atoms with E-state index in [9.17, 15) is 4.79 Å². The van der Waals surface area contributed by atoms with Gasteiger partial charge in [-0.05, 0) is 37.5 Å². The minimum atomic E-state index is -0.129. The van der Waals surface area contributed by atoms with Crippen LogP contribution in [0.25, 0.3) is 0 Å². The minimum Gasteiger partial charge on any atom is -0.393 e. The zero-order valence-electron chi connectivity index (χ0n) is 11.8. The van der Waals surface area contributed by atoms with Gasteiger partial charge >= 0.3 is 0 Å². The lowest BCUT2D eigenvalue weighted by Crippen LogP contribution is -2.46. The fraction of sp³-hybridized carbons (Fsp3) is 0.467. The van der Waals surface area contributed by atoms with Gasteiger partial charge in [0.15, 0.2) is 0 Å². The Bertz CT molecular complexity index is 551. The number of nitrogens with zero attached hydrogens (tertiary/aromatic N) is 1. The highest BCUT2D eigenvalue weighted by atomic mass is 35.5. The van der Waals surface area contributed by atoms with E-state index in [0.717, 1.165) is 18.4 Å². The summed E-state index contributed by atoms with van der Waals surface area (Å²) in [5, 5.41) is 0.587. The van der Waals surface area contributed by atoms with E-state index in [-0.39, 0.29) is 11.3 Å². The third kappa shape index (κ3) is 2.96. The van der Waals surface area contributed by atoms with Crippen LogP contribution in [-0.2, 0) is 0 Å². The molecule has 20 heavy (non-hydrogen) atoms. The second kappa shape index (κ2) is 5.70. The molecule has 0 aromatic heterocycles. The summed E-state index contributed by atoms with van der Waals surface area (Å²) in [5.74, 6) is 0.0370. The van der Waals surface area contributed by atoms with Gasteiger partial charge in [0, 0.05) is 29.1 Å². The maximum absolute atomic E-state index is 12.6. The van der Waals surface area contributed by atoms with Crippen LogP contribution in [0.2, 0.25) is 5.02 Å². The van der Waals surface area contributed by atoms with Gasteiger partial charge in [-0.15, -0.1) is 0 Å². The number of rotatable bonds is 2. The zero-order valence-corrected chi connectivity index (χ0v) is 13.4. The Morgan fingerprint density at radius 1 is 1.40 bits per heavy atom. The van der Waals surface area contributed by atoms with Crippen LogP contribution in [0.3, 0.4) is 0 Å². The van der Waals surface area contributed by atoms with Crippen molar-refractivity contribution in [2.45, 2.75) is 26.7 Å². The summed E-state index contributed by atoms with van der Waals surface area (Å²) in [7, 11) is 0. The predicted molar refractivity (Wildman–Crippen MR) is 86.2 cm³/mol. The molecule has 0 saturated carbocycles. The number of aryl methyl sites for hydroxylation is 1. The van der Waals surface area contributed by atoms with Crippen LogP contribution in [0.5, 0.6) is 0 Å². The normalized spacial score (nSPS) is 17.9. The van der Waals surface area contributed by atoms with E-state index in [2.05, 4.69) is 6.92 Å². The SMILES string of the molecule is Cc1ccc(Cl)cc1C(=O)N1CCC(C)(C(N)=S)CC1. The molecular formula is C15H19ClN2OS. The average Bonchev–Trinajstić information content (AvgIpc) is 2.41. The molecule has 3 nitrogen and oxygen atoms in total. The van der Waals surface area contributed by atoms with Crippen molar-refractivity contribution in [3.63, 3.8) is 0 Å². The van der Waals surface area contributed by atoms with Gasteiger partial charge in [-0.1, -0.05) is 36.8 Å². The van der Waals surface area contributed by atoms with Gasteiger partial charge in [-0.25, -0.2) is 0 Å². The van der Waals surface area contributed by atoms with E-state index in [1.807, 2.05) is 17.9 Å². The Hall–Kier alpha value is -1.13. The molecule has 1 aromatic carbocycles. The fourth-order valence-corrected chi connectivity index (χ4v) is 2.82. The first-order chi connectivity index (χ1) is 9.33. The molecule has 1 aliphatic rings. The Morgan fingerprint density at radius 2 is 2.00 bits per heavy atom. The molecule has 0 unspecified atom stereocenters. The van der Waals surface area contributed by atoms with E-state index in [4.69, 9.17) is 29.6 Å². The van der Waals surface area contributed by atoms with Crippen molar-refractivity contribution in [3.8, 4) is 0 Å². The molecule has 1 fully saturated rings. The molecule has 1 aromatic rings. The Kier molecular flexibility index (Phi) is 4.35. The molecule has 0 spiro atoms. The van der Waals surface area contributed by atoms with Crippen LogP contribution >= 0.6 is 23.8 Å². The lowest BCUT2D eigenvalue weighted by Gasteiger charge is -2.38. The average molecular weight is 311 g/mol.